The Morgan fingerprint density at radius 1 is 0.341 bits per heavy atom. The van der Waals surface area contributed by atoms with E-state index in [2.05, 4.69) is 65.2 Å². The molecular formula is C34H29N7. The van der Waals surface area contributed by atoms with Gasteiger partial charge >= 0.3 is 0 Å². The van der Waals surface area contributed by atoms with Crippen LogP contribution in [-0.4, -0.2) is 34.9 Å². The summed E-state index contributed by atoms with van der Waals surface area (Å²) in [5, 5.41) is 2.47. The maximum atomic E-state index is 4.18. The SMILES string of the molecule is c1ccc2[nH]ccc2c1.c1ccc2ncccc2c1.c1ccc2nccnc2c1.c1ccncc1.c1cnccn1. The van der Waals surface area contributed by atoms with Crippen molar-refractivity contribution in [1.82, 2.24) is 34.9 Å². The van der Waals surface area contributed by atoms with Crippen LogP contribution in [0.3, 0.4) is 0 Å². The highest BCUT2D eigenvalue weighted by molar-refractivity contribution is 5.79. The number of H-pyrrole nitrogens is 1. The molecule has 0 unspecified atom stereocenters. The van der Waals surface area contributed by atoms with Crippen LogP contribution in [0, 0.1) is 0 Å². The quantitative estimate of drug-likeness (QED) is 0.215. The Balaban J connectivity index is 0.000000120. The van der Waals surface area contributed by atoms with E-state index in [0.29, 0.717) is 0 Å². The molecule has 3 aromatic carbocycles. The molecule has 8 aromatic rings. The lowest BCUT2D eigenvalue weighted by Gasteiger charge is -1.91. The lowest BCUT2D eigenvalue weighted by Crippen LogP contribution is -1.78. The molecule has 8 rings (SSSR count). The van der Waals surface area contributed by atoms with Crippen LogP contribution in [0.25, 0.3) is 32.8 Å². The van der Waals surface area contributed by atoms with Crippen LogP contribution in [0.4, 0.5) is 0 Å². The van der Waals surface area contributed by atoms with Gasteiger partial charge < -0.3 is 4.98 Å². The summed E-state index contributed by atoms with van der Waals surface area (Å²) in [6.45, 7) is 0. The summed E-state index contributed by atoms with van der Waals surface area (Å²) >= 11 is 0. The molecule has 0 aliphatic carbocycles. The summed E-state index contributed by atoms with van der Waals surface area (Å²) in [7, 11) is 0. The highest BCUT2D eigenvalue weighted by Crippen LogP contribution is 2.09. The Morgan fingerprint density at radius 2 is 0.854 bits per heavy atom. The molecular weight excluding hydrogens is 506 g/mol. The zero-order chi connectivity index (χ0) is 28.2. The van der Waals surface area contributed by atoms with Gasteiger partial charge in [0.25, 0.3) is 0 Å². The molecule has 0 fully saturated rings. The molecule has 7 heteroatoms. The molecule has 7 nitrogen and oxygen atoms in total. The maximum Gasteiger partial charge on any atom is 0.0886 e. The summed E-state index contributed by atoms with van der Waals surface area (Å²) in [5.41, 5.74) is 4.16. The van der Waals surface area contributed by atoms with E-state index >= 15 is 0 Å². The van der Waals surface area contributed by atoms with Gasteiger partial charge in [-0.2, -0.15) is 0 Å². The molecule has 0 saturated carbocycles. The molecule has 0 saturated heterocycles. The zero-order valence-electron chi connectivity index (χ0n) is 22.3. The minimum absolute atomic E-state index is 0.949. The van der Waals surface area contributed by atoms with Gasteiger partial charge in [0.05, 0.1) is 16.6 Å². The number of hydrogen-bond donors (Lipinski definition) is 1. The van der Waals surface area contributed by atoms with Gasteiger partial charge in [-0.05, 0) is 53.9 Å². The third kappa shape index (κ3) is 10.1. The molecule has 5 heterocycles. The Kier molecular flexibility index (Phi) is 11.6. The van der Waals surface area contributed by atoms with Gasteiger partial charge in [-0.25, -0.2) is 0 Å². The van der Waals surface area contributed by atoms with Crippen LogP contribution >= 0.6 is 0 Å². The Labute approximate surface area is 238 Å². The van der Waals surface area contributed by atoms with E-state index in [9.17, 15) is 0 Å². The van der Waals surface area contributed by atoms with Crippen molar-refractivity contribution < 1.29 is 0 Å². The average molecular weight is 536 g/mol. The molecule has 0 radical (unpaired) electrons. The largest absolute Gasteiger partial charge is 0.361 e. The first-order valence-electron chi connectivity index (χ1n) is 12.9. The van der Waals surface area contributed by atoms with Crippen LogP contribution in [-0.2, 0) is 0 Å². The molecule has 0 bridgehead atoms. The average Bonchev–Trinajstić information content (AvgIpc) is 3.57. The first kappa shape index (κ1) is 28.2. The molecule has 5 aromatic heterocycles. The van der Waals surface area contributed by atoms with Crippen molar-refractivity contribution in [2.45, 2.75) is 0 Å². The van der Waals surface area contributed by atoms with Gasteiger partial charge in [0.15, 0.2) is 0 Å². The van der Waals surface area contributed by atoms with Crippen molar-refractivity contribution in [1.29, 1.82) is 0 Å². The van der Waals surface area contributed by atoms with Crippen molar-refractivity contribution >= 4 is 32.8 Å². The van der Waals surface area contributed by atoms with E-state index in [1.807, 2.05) is 91.3 Å². The van der Waals surface area contributed by atoms with E-state index in [4.69, 9.17) is 0 Å². The van der Waals surface area contributed by atoms with E-state index < -0.39 is 0 Å². The van der Waals surface area contributed by atoms with Crippen LogP contribution in [0.1, 0.15) is 0 Å². The smallest absolute Gasteiger partial charge is 0.0886 e. The van der Waals surface area contributed by atoms with Gasteiger partial charge in [0.2, 0.25) is 0 Å². The standard InChI is InChI=1S/C9H7N.C8H6N2.C8H7N.C5H5N.C4H4N2/c1-2-6-9-8(4-1)5-3-7-10-9;1-2-4-8-7(3-1)9-5-6-10-8;1-2-4-8-7(3-1)5-6-9-8;1-2-4-6-5-3-1;1-2-6-4-3-5-1/h1-7H;1-6H;1-6,9H;1-5H;1-4H. The van der Waals surface area contributed by atoms with E-state index in [-0.39, 0.29) is 0 Å². The predicted molar refractivity (Wildman–Crippen MR) is 166 cm³/mol. The summed E-state index contributed by atoms with van der Waals surface area (Å²) < 4.78 is 0. The number of fused-ring (bicyclic) bond motifs is 3. The van der Waals surface area contributed by atoms with Crippen LogP contribution < -0.4 is 0 Å². The Hall–Kier alpha value is -5.82. The molecule has 41 heavy (non-hydrogen) atoms. The number of aromatic amines is 1. The van der Waals surface area contributed by atoms with Crippen molar-refractivity contribution in [2.75, 3.05) is 0 Å². The minimum Gasteiger partial charge on any atom is -0.361 e. The highest BCUT2D eigenvalue weighted by atomic mass is 14.8. The van der Waals surface area contributed by atoms with E-state index in [0.717, 1.165) is 16.6 Å². The maximum absolute atomic E-state index is 4.18. The first-order chi connectivity index (χ1) is 20.4. The van der Waals surface area contributed by atoms with Crippen LogP contribution in [0.2, 0.25) is 0 Å². The monoisotopic (exact) mass is 535 g/mol. The molecule has 0 spiro atoms. The number of rotatable bonds is 0. The first-order valence-corrected chi connectivity index (χ1v) is 12.9. The van der Waals surface area contributed by atoms with E-state index in [1.54, 1.807) is 49.6 Å². The summed E-state index contributed by atoms with van der Waals surface area (Å²) in [4.78, 5) is 26.8. The third-order valence-corrected chi connectivity index (χ3v) is 5.39. The lowest BCUT2D eigenvalue weighted by molar-refractivity contribution is 1.20. The van der Waals surface area contributed by atoms with Gasteiger partial charge in [-0.1, -0.05) is 60.7 Å². The van der Waals surface area contributed by atoms with Gasteiger partial charge in [-0.3, -0.25) is 29.9 Å². The second kappa shape index (κ2) is 16.9. The summed E-state index contributed by atoms with van der Waals surface area (Å²) in [6.07, 6.45) is 17.2. The molecule has 0 atom stereocenters. The third-order valence-electron chi connectivity index (χ3n) is 5.39. The predicted octanol–water partition coefficient (Wildman–Crippen LogP) is 7.59. The van der Waals surface area contributed by atoms with E-state index in [1.165, 1.54) is 16.3 Å². The summed E-state index contributed by atoms with van der Waals surface area (Å²) in [6, 6.07) is 35.9. The van der Waals surface area contributed by atoms with Gasteiger partial charge in [0.1, 0.15) is 0 Å². The number of nitrogens with zero attached hydrogens (tertiary/aromatic N) is 6. The molecule has 200 valence electrons. The Bertz CT molecular complexity index is 1490. The molecule has 1 N–H and O–H groups in total. The number of para-hydroxylation sites is 4. The van der Waals surface area contributed by atoms with Gasteiger partial charge in [0, 0.05) is 72.9 Å². The number of benzene rings is 3. The number of aromatic nitrogens is 7. The normalized spacial score (nSPS) is 9.46. The lowest BCUT2D eigenvalue weighted by atomic mass is 10.2. The fraction of sp³-hybridized carbons (Fsp3) is 0. The highest BCUT2D eigenvalue weighted by Gasteiger charge is 1.89. The fourth-order valence-electron chi connectivity index (χ4n) is 3.49. The molecule has 0 aliphatic heterocycles. The van der Waals surface area contributed by atoms with Gasteiger partial charge in [-0.15, -0.1) is 0 Å². The van der Waals surface area contributed by atoms with Crippen molar-refractivity contribution in [3.63, 3.8) is 0 Å². The second-order valence-electron chi connectivity index (χ2n) is 8.23. The van der Waals surface area contributed by atoms with Crippen LogP contribution in [0.5, 0.6) is 0 Å². The van der Waals surface area contributed by atoms with Crippen molar-refractivity contribution in [3.05, 3.63) is 171 Å². The summed E-state index contributed by atoms with van der Waals surface area (Å²) in [5.74, 6) is 0. The van der Waals surface area contributed by atoms with Crippen molar-refractivity contribution in [3.8, 4) is 0 Å². The topological polar surface area (TPSA) is 93.1 Å². The number of hydrogen-bond acceptors (Lipinski definition) is 6. The zero-order valence-corrected chi connectivity index (χ0v) is 22.3. The molecule has 0 amide bonds. The fourth-order valence-corrected chi connectivity index (χ4v) is 3.49. The number of nitrogens with one attached hydrogen (secondary N) is 1. The molecule has 0 aliphatic rings. The Morgan fingerprint density at radius 3 is 1.39 bits per heavy atom. The second-order valence-corrected chi connectivity index (χ2v) is 8.23. The van der Waals surface area contributed by atoms with Crippen LogP contribution in [0.15, 0.2) is 171 Å². The van der Waals surface area contributed by atoms with Crippen molar-refractivity contribution in [2.24, 2.45) is 0 Å². The number of pyridine rings is 2. The minimum atomic E-state index is 0.949.